The lowest BCUT2D eigenvalue weighted by Gasteiger charge is -2.07. The van der Waals surface area contributed by atoms with E-state index >= 15 is 0 Å². The maximum atomic E-state index is 13.0. The molecule has 19 heavy (non-hydrogen) atoms. The Labute approximate surface area is 115 Å². The summed E-state index contributed by atoms with van der Waals surface area (Å²) in [6.45, 7) is 0.333. The Kier molecular flexibility index (Phi) is 4.02. The highest BCUT2D eigenvalue weighted by atomic mass is 35.5. The normalized spacial score (nSPS) is 10.2. The molecule has 0 amide bonds. The summed E-state index contributed by atoms with van der Waals surface area (Å²) in [5, 5.41) is 7.31. The largest absolute Gasteiger partial charge is 0.489 e. The summed E-state index contributed by atoms with van der Waals surface area (Å²) < 4.78 is 18.5. The van der Waals surface area contributed by atoms with Crippen molar-refractivity contribution in [3.63, 3.8) is 0 Å². The summed E-state index contributed by atoms with van der Waals surface area (Å²) in [7, 11) is 0. The smallest absolute Gasteiger partial charge is 0.142 e. The van der Waals surface area contributed by atoms with Crippen molar-refractivity contribution in [2.45, 2.75) is 6.61 Å². The molecule has 2 aromatic rings. The first-order valence-corrected chi connectivity index (χ1v) is 5.95. The minimum atomic E-state index is -0.472. The van der Waals surface area contributed by atoms with Crippen LogP contribution in [0, 0.1) is 11.2 Å². The van der Waals surface area contributed by atoms with Crippen LogP contribution in [-0.2, 0) is 6.61 Å². The second-order valence-corrected chi connectivity index (χ2v) is 4.38. The first-order valence-electron chi connectivity index (χ1n) is 5.57. The number of nitrogen functional groups attached to an aromatic ring is 1. The second kappa shape index (κ2) is 5.71. The Balaban J connectivity index is 2.01. The fourth-order valence-electron chi connectivity index (χ4n) is 1.51. The molecule has 0 aromatic heterocycles. The highest BCUT2D eigenvalue weighted by Gasteiger charge is 2.02. The molecule has 0 aliphatic carbocycles. The van der Waals surface area contributed by atoms with Crippen LogP contribution in [0.25, 0.3) is 0 Å². The van der Waals surface area contributed by atoms with Gasteiger partial charge < -0.3 is 10.5 Å². The molecule has 2 aromatic carbocycles. The molecule has 98 valence electrons. The van der Waals surface area contributed by atoms with Gasteiger partial charge >= 0.3 is 0 Å². The molecule has 0 heterocycles. The third kappa shape index (κ3) is 3.45. The maximum Gasteiger partial charge on any atom is 0.142 e. The molecule has 0 aliphatic rings. The van der Waals surface area contributed by atoms with Crippen LogP contribution < -0.4 is 10.5 Å². The van der Waals surface area contributed by atoms with Crippen LogP contribution >= 0.6 is 11.6 Å². The van der Waals surface area contributed by atoms with Crippen molar-refractivity contribution in [1.82, 2.24) is 0 Å². The predicted molar refractivity (Wildman–Crippen MR) is 73.2 cm³/mol. The SMILES string of the molecule is N=C(N)c1ccc(COc2ccc(F)c(Cl)c2)cc1. The van der Waals surface area contributed by atoms with E-state index in [-0.39, 0.29) is 10.9 Å². The molecule has 3 N–H and O–H groups in total. The highest BCUT2D eigenvalue weighted by Crippen LogP contribution is 2.21. The molecule has 2 rings (SSSR count). The monoisotopic (exact) mass is 278 g/mol. The zero-order valence-electron chi connectivity index (χ0n) is 9.99. The van der Waals surface area contributed by atoms with Gasteiger partial charge in [-0.1, -0.05) is 35.9 Å². The van der Waals surface area contributed by atoms with Gasteiger partial charge in [-0.2, -0.15) is 0 Å². The predicted octanol–water partition coefficient (Wildman–Crippen LogP) is 3.34. The fourth-order valence-corrected chi connectivity index (χ4v) is 1.68. The van der Waals surface area contributed by atoms with Crippen LogP contribution in [-0.4, -0.2) is 5.84 Å². The topological polar surface area (TPSA) is 59.1 Å². The van der Waals surface area contributed by atoms with Crippen LogP contribution in [0.2, 0.25) is 5.02 Å². The van der Waals surface area contributed by atoms with E-state index in [4.69, 9.17) is 27.5 Å². The van der Waals surface area contributed by atoms with Crippen LogP contribution in [0.4, 0.5) is 4.39 Å². The summed E-state index contributed by atoms with van der Waals surface area (Å²) in [6.07, 6.45) is 0. The van der Waals surface area contributed by atoms with E-state index in [1.54, 1.807) is 12.1 Å². The van der Waals surface area contributed by atoms with Crippen LogP contribution in [0.1, 0.15) is 11.1 Å². The zero-order chi connectivity index (χ0) is 13.8. The van der Waals surface area contributed by atoms with Crippen molar-refractivity contribution in [3.8, 4) is 5.75 Å². The standard InChI is InChI=1S/C14H12ClFN2O/c15-12-7-11(5-6-13(12)16)19-8-9-1-3-10(4-2-9)14(17)18/h1-7H,8H2,(H3,17,18). The van der Waals surface area contributed by atoms with E-state index in [2.05, 4.69) is 0 Å². The van der Waals surface area contributed by atoms with Crippen molar-refractivity contribution in [3.05, 3.63) is 64.4 Å². The summed E-state index contributed by atoms with van der Waals surface area (Å²) in [5.41, 5.74) is 6.94. The van der Waals surface area contributed by atoms with Crippen molar-refractivity contribution >= 4 is 17.4 Å². The average Bonchev–Trinajstić information content (AvgIpc) is 2.40. The van der Waals surface area contributed by atoms with Gasteiger partial charge in [-0.25, -0.2) is 4.39 Å². The molecule has 0 fully saturated rings. The van der Waals surface area contributed by atoms with Crippen molar-refractivity contribution in [2.24, 2.45) is 5.73 Å². The Bertz CT molecular complexity index is 599. The number of benzene rings is 2. The number of nitrogens with one attached hydrogen (secondary N) is 1. The number of amidine groups is 1. The van der Waals surface area contributed by atoms with Crippen LogP contribution in [0.5, 0.6) is 5.75 Å². The van der Waals surface area contributed by atoms with Crippen molar-refractivity contribution < 1.29 is 9.13 Å². The number of halogens is 2. The third-order valence-electron chi connectivity index (χ3n) is 2.56. The summed E-state index contributed by atoms with van der Waals surface area (Å²) in [4.78, 5) is 0. The first-order chi connectivity index (χ1) is 9.06. The molecule has 0 spiro atoms. The molecule has 0 bridgehead atoms. The Hall–Kier alpha value is -2.07. The van der Waals surface area contributed by atoms with E-state index in [0.29, 0.717) is 17.9 Å². The first kappa shape index (κ1) is 13.4. The molecular weight excluding hydrogens is 267 g/mol. The van der Waals surface area contributed by atoms with Gasteiger partial charge in [-0.15, -0.1) is 0 Å². The van der Waals surface area contributed by atoms with E-state index in [1.165, 1.54) is 18.2 Å². The zero-order valence-corrected chi connectivity index (χ0v) is 10.7. The quantitative estimate of drug-likeness (QED) is 0.666. The Morgan fingerprint density at radius 1 is 1.21 bits per heavy atom. The van der Waals surface area contributed by atoms with Crippen molar-refractivity contribution in [1.29, 1.82) is 5.41 Å². The third-order valence-corrected chi connectivity index (χ3v) is 2.85. The molecule has 3 nitrogen and oxygen atoms in total. The van der Waals surface area contributed by atoms with Crippen LogP contribution in [0.3, 0.4) is 0 Å². The van der Waals surface area contributed by atoms with Gasteiger partial charge in [-0.3, -0.25) is 5.41 Å². The minimum absolute atomic E-state index is 0.0257. The van der Waals surface area contributed by atoms with Gasteiger partial charge in [0.2, 0.25) is 0 Å². The lowest BCUT2D eigenvalue weighted by Crippen LogP contribution is -2.10. The molecule has 0 aliphatic heterocycles. The number of hydrogen-bond acceptors (Lipinski definition) is 2. The Morgan fingerprint density at radius 2 is 1.89 bits per heavy atom. The number of hydrogen-bond donors (Lipinski definition) is 2. The molecule has 0 unspecified atom stereocenters. The molecular formula is C14H12ClFN2O. The lowest BCUT2D eigenvalue weighted by molar-refractivity contribution is 0.306. The summed E-state index contributed by atoms with van der Waals surface area (Å²) in [6, 6.07) is 11.4. The van der Waals surface area contributed by atoms with Gasteiger partial charge in [0, 0.05) is 11.6 Å². The van der Waals surface area contributed by atoms with Gasteiger partial charge in [0.25, 0.3) is 0 Å². The van der Waals surface area contributed by atoms with E-state index in [0.717, 1.165) is 5.56 Å². The molecule has 0 atom stereocenters. The van der Waals surface area contributed by atoms with E-state index in [1.807, 2.05) is 12.1 Å². The lowest BCUT2D eigenvalue weighted by atomic mass is 10.1. The minimum Gasteiger partial charge on any atom is -0.489 e. The molecule has 0 saturated carbocycles. The molecule has 0 radical (unpaired) electrons. The summed E-state index contributed by atoms with van der Waals surface area (Å²) in [5.74, 6) is 0.0552. The number of ether oxygens (including phenoxy) is 1. The average molecular weight is 279 g/mol. The molecule has 5 heteroatoms. The van der Waals surface area contributed by atoms with Gasteiger partial charge in [0.1, 0.15) is 24.0 Å². The van der Waals surface area contributed by atoms with Crippen molar-refractivity contribution in [2.75, 3.05) is 0 Å². The van der Waals surface area contributed by atoms with E-state index < -0.39 is 5.82 Å². The highest BCUT2D eigenvalue weighted by molar-refractivity contribution is 6.30. The number of nitrogens with two attached hydrogens (primary N) is 1. The molecule has 0 saturated heterocycles. The number of rotatable bonds is 4. The second-order valence-electron chi connectivity index (χ2n) is 3.98. The van der Waals surface area contributed by atoms with E-state index in [9.17, 15) is 4.39 Å². The maximum absolute atomic E-state index is 13.0. The fraction of sp³-hybridized carbons (Fsp3) is 0.0714. The van der Waals surface area contributed by atoms with Gasteiger partial charge in [-0.05, 0) is 17.7 Å². The van der Waals surface area contributed by atoms with Crippen LogP contribution in [0.15, 0.2) is 42.5 Å². The summed E-state index contributed by atoms with van der Waals surface area (Å²) >= 11 is 5.66. The van der Waals surface area contributed by atoms with Gasteiger partial charge in [0.15, 0.2) is 0 Å². The Morgan fingerprint density at radius 3 is 2.47 bits per heavy atom. The van der Waals surface area contributed by atoms with Gasteiger partial charge in [0.05, 0.1) is 5.02 Å².